The van der Waals surface area contributed by atoms with E-state index in [4.69, 9.17) is 0 Å². The van der Waals surface area contributed by atoms with E-state index >= 15 is 0 Å². The Labute approximate surface area is 88.4 Å². The first-order valence-electron chi connectivity index (χ1n) is 5.11. The predicted molar refractivity (Wildman–Crippen MR) is 57.6 cm³/mol. The minimum atomic E-state index is 0.265. The van der Waals surface area contributed by atoms with Crippen molar-refractivity contribution in [2.75, 3.05) is 0 Å². The first kappa shape index (κ1) is 9.84. The van der Waals surface area contributed by atoms with Crippen molar-refractivity contribution in [1.29, 1.82) is 0 Å². The molecule has 1 fully saturated rings. The summed E-state index contributed by atoms with van der Waals surface area (Å²) in [6, 6.07) is 0. The molecular weight excluding hydrogens is 194 g/mol. The zero-order valence-electron chi connectivity index (χ0n) is 8.45. The molecule has 0 bridgehead atoms. The number of carbonyl (C=O) groups is 1. The lowest BCUT2D eigenvalue weighted by molar-refractivity contribution is 0.0928. The van der Waals surface area contributed by atoms with Crippen LogP contribution < -0.4 is 0 Å². The van der Waals surface area contributed by atoms with Crippen LogP contribution in [-0.4, -0.2) is 10.8 Å². The average molecular weight is 209 g/mol. The highest BCUT2D eigenvalue weighted by Gasteiger charge is 2.31. The Balaban J connectivity index is 2.01. The fraction of sp³-hybridized carbons (Fsp3) is 0.636. The molecule has 0 spiro atoms. The lowest BCUT2D eigenvalue weighted by Gasteiger charge is -2.21. The van der Waals surface area contributed by atoms with Crippen molar-refractivity contribution in [3.63, 3.8) is 0 Å². The van der Waals surface area contributed by atoms with Crippen molar-refractivity contribution in [1.82, 2.24) is 4.98 Å². The summed E-state index contributed by atoms with van der Waals surface area (Å²) in [6.45, 7) is 2.24. The minimum Gasteiger partial charge on any atom is -0.293 e. The molecule has 2 rings (SSSR count). The number of nitrogens with zero attached hydrogens (tertiary/aromatic N) is 1. The molecule has 0 aliphatic heterocycles. The van der Waals surface area contributed by atoms with Gasteiger partial charge < -0.3 is 0 Å². The second-order valence-electron chi connectivity index (χ2n) is 4.48. The van der Waals surface area contributed by atoms with Crippen molar-refractivity contribution < 1.29 is 4.79 Å². The van der Waals surface area contributed by atoms with Gasteiger partial charge in [0.05, 0.1) is 10.4 Å². The van der Waals surface area contributed by atoms with Crippen molar-refractivity contribution in [3.8, 4) is 0 Å². The number of carbonyl (C=O) groups excluding carboxylic acids is 1. The standard InChI is InChI=1S/C11H15NOS/c1-11(4-2-3-5-11)6-9(13)10-7-12-8-14-10/h7-8H,2-6H2,1H3. The van der Waals surface area contributed by atoms with Crippen LogP contribution in [-0.2, 0) is 0 Å². The molecule has 0 amide bonds. The molecule has 14 heavy (non-hydrogen) atoms. The SMILES string of the molecule is CC1(CC(=O)c2cncs2)CCCC1. The fourth-order valence-electron chi connectivity index (χ4n) is 2.23. The van der Waals surface area contributed by atoms with Crippen LogP contribution in [0.25, 0.3) is 0 Å². The number of Topliss-reactive ketones (excluding diaryl/α,β-unsaturated/α-hetero) is 1. The van der Waals surface area contributed by atoms with Crippen LogP contribution in [0.3, 0.4) is 0 Å². The molecule has 2 nitrogen and oxygen atoms in total. The van der Waals surface area contributed by atoms with E-state index in [1.807, 2.05) is 0 Å². The van der Waals surface area contributed by atoms with Gasteiger partial charge >= 0.3 is 0 Å². The van der Waals surface area contributed by atoms with Gasteiger partial charge in [0.25, 0.3) is 0 Å². The summed E-state index contributed by atoms with van der Waals surface area (Å²) in [5.41, 5.74) is 1.99. The monoisotopic (exact) mass is 209 g/mol. The smallest absolute Gasteiger partial charge is 0.174 e. The van der Waals surface area contributed by atoms with E-state index < -0.39 is 0 Å². The summed E-state index contributed by atoms with van der Waals surface area (Å²) in [6.07, 6.45) is 7.37. The van der Waals surface area contributed by atoms with Gasteiger partial charge in [0.15, 0.2) is 5.78 Å². The summed E-state index contributed by atoms with van der Waals surface area (Å²) in [5.74, 6) is 0.275. The Morgan fingerprint density at radius 1 is 1.57 bits per heavy atom. The Morgan fingerprint density at radius 3 is 2.86 bits per heavy atom. The highest BCUT2D eigenvalue weighted by atomic mass is 32.1. The van der Waals surface area contributed by atoms with Crippen LogP contribution in [0.5, 0.6) is 0 Å². The fourth-order valence-corrected chi connectivity index (χ4v) is 2.79. The van der Waals surface area contributed by atoms with E-state index in [9.17, 15) is 4.79 Å². The second kappa shape index (κ2) is 3.81. The second-order valence-corrected chi connectivity index (χ2v) is 5.37. The summed E-state index contributed by atoms with van der Waals surface area (Å²) in [7, 11) is 0. The van der Waals surface area contributed by atoms with Crippen molar-refractivity contribution in [2.45, 2.75) is 39.0 Å². The lowest BCUT2D eigenvalue weighted by atomic mass is 9.83. The van der Waals surface area contributed by atoms with Crippen LogP contribution in [0.1, 0.15) is 48.7 Å². The third-order valence-corrected chi connectivity index (χ3v) is 3.92. The van der Waals surface area contributed by atoms with E-state index in [1.54, 1.807) is 11.7 Å². The molecule has 1 heterocycles. The number of thiazole rings is 1. The molecule has 1 aliphatic rings. The summed E-state index contributed by atoms with van der Waals surface area (Å²) >= 11 is 1.45. The molecule has 76 valence electrons. The van der Waals surface area contributed by atoms with Crippen LogP contribution in [0.2, 0.25) is 0 Å². The summed E-state index contributed by atoms with van der Waals surface area (Å²) in [5, 5.41) is 0. The van der Waals surface area contributed by atoms with E-state index in [0.717, 1.165) is 4.88 Å². The van der Waals surface area contributed by atoms with Gasteiger partial charge in [0, 0.05) is 12.6 Å². The Kier molecular flexibility index (Phi) is 2.68. The zero-order chi connectivity index (χ0) is 10.0. The molecule has 1 aromatic rings. The van der Waals surface area contributed by atoms with Gasteiger partial charge in [-0.15, -0.1) is 11.3 Å². The van der Waals surface area contributed by atoms with E-state index in [1.165, 1.54) is 37.0 Å². The van der Waals surface area contributed by atoms with Crippen molar-refractivity contribution in [3.05, 3.63) is 16.6 Å². The topological polar surface area (TPSA) is 30.0 Å². The number of hydrogen-bond acceptors (Lipinski definition) is 3. The molecule has 0 N–H and O–H groups in total. The molecule has 3 heteroatoms. The quantitative estimate of drug-likeness (QED) is 0.715. The molecule has 0 radical (unpaired) electrons. The number of aromatic nitrogens is 1. The van der Waals surface area contributed by atoms with Gasteiger partial charge in [-0.1, -0.05) is 19.8 Å². The predicted octanol–water partition coefficient (Wildman–Crippen LogP) is 3.30. The molecule has 1 saturated carbocycles. The molecule has 0 aromatic carbocycles. The van der Waals surface area contributed by atoms with Crippen LogP contribution in [0.15, 0.2) is 11.7 Å². The molecule has 0 saturated heterocycles. The lowest BCUT2D eigenvalue weighted by Crippen LogP contribution is -2.16. The molecule has 0 unspecified atom stereocenters. The van der Waals surface area contributed by atoms with Crippen LogP contribution in [0, 0.1) is 5.41 Å². The van der Waals surface area contributed by atoms with Crippen LogP contribution >= 0.6 is 11.3 Å². The molecule has 1 aromatic heterocycles. The largest absolute Gasteiger partial charge is 0.293 e. The van der Waals surface area contributed by atoms with Gasteiger partial charge in [-0.2, -0.15) is 0 Å². The van der Waals surface area contributed by atoms with Gasteiger partial charge in [-0.25, -0.2) is 0 Å². The maximum Gasteiger partial charge on any atom is 0.174 e. The van der Waals surface area contributed by atoms with Gasteiger partial charge in [-0.3, -0.25) is 9.78 Å². The Hall–Kier alpha value is -0.700. The van der Waals surface area contributed by atoms with E-state index in [-0.39, 0.29) is 11.2 Å². The maximum atomic E-state index is 11.8. The van der Waals surface area contributed by atoms with E-state index in [0.29, 0.717) is 6.42 Å². The first-order chi connectivity index (χ1) is 6.70. The summed E-state index contributed by atoms with van der Waals surface area (Å²) < 4.78 is 0. The van der Waals surface area contributed by atoms with Crippen molar-refractivity contribution >= 4 is 17.1 Å². The zero-order valence-corrected chi connectivity index (χ0v) is 9.27. The number of hydrogen-bond donors (Lipinski definition) is 0. The summed E-state index contributed by atoms with van der Waals surface area (Å²) in [4.78, 5) is 16.6. The minimum absolute atomic E-state index is 0.265. The Bertz CT molecular complexity index is 312. The third kappa shape index (κ3) is 2.03. The first-order valence-corrected chi connectivity index (χ1v) is 5.99. The highest BCUT2D eigenvalue weighted by molar-refractivity contribution is 7.11. The highest BCUT2D eigenvalue weighted by Crippen LogP contribution is 2.41. The van der Waals surface area contributed by atoms with Crippen LogP contribution in [0.4, 0.5) is 0 Å². The average Bonchev–Trinajstić information content (AvgIpc) is 2.74. The normalized spacial score (nSPS) is 19.8. The van der Waals surface area contributed by atoms with Gasteiger partial charge in [0.1, 0.15) is 0 Å². The van der Waals surface area contributed by atoms with Gasteiger partial charge in [-0.05, 0) is 18.3 Å². The van der Waals surface area contributed by atoms with Gasteiger partial charge in [0.2, 0.25) is 0 Å². The number of ketones is 1. The molecule has 1 aliphatic carbocycles. The third-order valence-electron chi connectivity index (χ3n) is 3.11. The number of rotatable bonds is 3. The maximum absolute atomic E-state index is 11.8. The van der Waals surface area contributed by atoms with Crippen molar-refractivity contribution in [2.24, 2.45) is 5.41 Å². The molecule has 0 atom stereocenters. The van der Waals surface area contributed by atoms with E-state index in [2.05, 4.69) is 11.9 Å². The molecular formula is C11H15NOS. The Morgan fingerprint density at radius 2 is 2.29 bits per heavy atom.